The highest BCUT2D eigenvalue weighted by Crippen LogP contribution is 2.22. The van der Waals surface area contributed by atoms with E-state index in [9.17, 15) is 14.0 Å². The minimum absolute atomic E-state index is 0.0833. The minimum atomic E-state index is -0.565. The molecule has 3 aromatic carbocycles. The van der Waals surface area contributed by atoms with Crippen LogP contribution in [0.3, 0.4) is 0 Å². The smallest absolute Gasteiger partial charge is 0.259 e. The standard InChI is InChI=1S/C26H26ClFN2O3/c1-2-3-4-7-15-33-24-12-6-5-11-21(24)26(32)30-19-10-8-9-18(16-19)25(31)29-20-13-14-23(28)22(27)17-20/h5-6,8-14,16-17H,2-4,7,15H2,1H3,(H,29,31)(H,30,32). The van der Waals surface area contributed by atoms with E-state index < -0.39 is 11.7 Å². The number of para-hydroxylation sites is 1. The summed E-state index contributed by atoms with van der Waals surface area (Å²) in [6.07, 6.45) is 4.32. The van der Waals surface area contributed by atoms with E-state index in [2.05, 4.69) is 17.6 Å². The van der Waals surface area contributed by atoms with E-state index >= 15 is 0 Å². The fraction of sp³-hybridized carbons (Fsp3) is 0.231. The third-order valence-corrected chi connectivity index (χ3v) is 5.24. The molecular weight excluding hydrogens is 443 g/mol. The van der Waals surface area contributed by atoms with Crippen LogP contribution in [0.4, 0.5) is 15.8 Å². The highest BCUT2D eigenvalue weighted by atomic mass is 35.5. The number of anilines is 2. The molecule has 0 aromatic heterocycles. The number of carbonyl (C=O) groups excluding carboxylic acids is 2. The average molecular weight is 469 g/mol. The number of ether oxygens (including phenoxy) is 1. The molecule has 0 heterocycles. The van der Waals surface area contributed by atoms with Crippen LogP contribution in [-0.2, 0) is 0 Å². The van der Waals surface area contributed by atoms with Crippen molar-refractivity contribution < 1.29 is 18.7 Å². The summed E-state index contributed by atoms with van der Waals surface area (Å²) in [4.78, 5) is 25.5. The van der Waals surface area contributed by atoms with Crippen molar-refractivity contribution in [1.82, 2.24) is 0 Å². The van der Waals surface area contributed by atoms with Crippen LogP contribution in [0.25, 0.3) is 0 Å². The maximum atomic E-state index is 13.3. The number of carbonyl (C=O) groups is 2. The fourth-order valence-electron chi connectivity index (χ4n) is 3.20. The van der Waals surface area contributed by atoms with Gasteiger partial charge in [0.1, 0.15) is 11.6 Å². The van der Waals surface area contributed by atoms with Gasteiger partial charge in [0.05, 0.1) is 17.2 Å². The molecule has 0 spiro atoms. The van der Waals surface area contributed by atoms with Gasteiger partial charge in [-0.2, -0.15) is 0 Å². The normalized spacial score (nSPS) is 10.5. The Morgan fingerprint density at radius 3 is 2.42 bits per heavy atom. The predicted octanol–water partition coefficient (Wildman–Crippen LogP) is 6.94. The molecule has 0 aliphatic rings. The number of rotatable bonds is 10. The summed E-state index contributed by atoms with van der Waals surface area (Å²) in [6.45, 7) is 2.70. The van der Waals surface area contributed by atoms with Crippen molar-refractivity contribution in [3.8, 4) is 5.75 Å². The monoisotopic (exact) mass is 468 g/mol. The molecule has 33 heavy (non-hydrogen) atoms. The van der Waals surface area contributed by atoms with Gasteiger partial charge in [-0.05, 0) is 55.0 Å². The van der Waals surface area contributed by atoms with E-state index in [0.29, 0.717) is 34.9 Å². The topological polar surface area (TPSA) is 67.4 Å². The lowest BCUT2D eigenvalue weighted by Gasteiger charge is -2.12. The molecule has 5 nitrogen and oxygen atoms in total. The summed E-state index contributed by atoms with van der Waals surface area (Å²) in [5.74, 6) is -0.787. The zero-order valence-electron chi connectivity index (χ0n) is 18.4. The van der Waals surface area contributed by atoms with Crippen LogP contribution in [0.1, 0.15) is 53.3 Å². The number of unbranched alkanes of at least 4 members (excludes halogenated alkanes) is 3. The molecule has 2 N–H and O–H groups in total. The molecule has 0 atom stereocenters. The number of amides is 2. The Balaban J connectivity index is 1.66. The van der Waals surface area contributed by atoms with Crippen LogP contribution in [0.15, 0.2) is 66.7 Å². The molecule has 0 radical (unpaired) electrons. The van der Waals surface area contributed by atoms with Crippen molar-refractivity contribution in [3.63, 3.8) is 0 Å². The zero-order valence-corrected chi connectivity index (χ0v) is 19.1. The molecular formula is C26H26ClFN2O3. The van der Waals surface area contributed by atoms with E-state index in [1.54, 1.807) is 42.5 Å². The van der Waals surface area contributed by atoms with Crippen molar-refractivity contribution >= 4 is 34.8 Å². The SMILES string of the molecule is CCCCCCOc1ccccc1C(=O)Nc1cccc(C(=O)Nc2ccc(F)c(Cl)c2)c1. The lowest BCUT2D eigenvalue weighted by atomic mass is 10.1. The number of hydrogen-bond acceptors (Lipinski definition) is 3. The Morgan fingerprint density at radius 1 is 0.879 bits per heavy atom. The van der Waals surface area contributed by atoms with E-state index in [0.717, 1.165) is 25.7 Å². The summed E-state index contributed by atoms with van der Waals surface area (Å²) in [7, 11) is 0. The van der Waals surface area contributed by atoms with Crippen LogP contribution < -0.4 is 15.4 Å². The summed E-state index contributed by atoms with van der Waals surface area (Å²) in [5, 5.41) is 5.39. The van der Waals surface area contributed by atoms with Gasteiger partial charge in [-0.25, -0.2) is 4.39 Å². The van der Waals surface area contributed by atoms with Crippen molar-refractivity contribution in [2.45, 2.75) is 32.6 Å². The molecule has 0 saturated heterocycles. The number of halogens is 2. The molecule has 0 bridgehead atoms. The lowest BCUT2D eigenvalue weighted by molar-refractivity contribution is 0.101. The Morgan fingerprint density at radius 2 is 1.64 bits per heavy atom. The van der Waals surface area contributed by atoms with Crippen molar-refractivity contribution in [2.75, 3.05) is 17.2 Å². The van der Waals surface area contributed by atoms with E-state index in [1.165, 1.54) is 18.2 Å². The quantitative estimate of drug-likeness (QED) is 0.316. The van der Waals surface area contributed by atoms with Gasteiger partial charge in [-0.15, -0.1) is 0 Å². The number of nitrogens with one attached hydrogen (secondary N) is 2. The summed E-state index contributed by atoms with van der Waals surface area (Å²) >= 11 is 5.77. The summed E-state index contributed by atoms with van der Waals surface area (Å²) < 4.78 is 19.2. The van der Waals surface area contributed by atoms with Gasteiger partial charge in [0.15, 0.2) is 0 Å². The van der Waals surface area contributed by atoms with Gasteiger partial charge in [-0.1, -0.05) is 56.0 Å². The fourth-order valence-corrected chi connectivity index (χ4v) is 3.39. The first-order valence-corrected chi connectivity index (χ1v) is 11.3. The predicted molar refractivity (Wildman–Crippen MR) is 130 cm³/mol. The van der Waals surface area contributed by atoms with Crippen molar-refractivity contribution in [3.05, 3.63) is 88.7 Å². The highest BCUT2D eigenvalue weighted by Gasteiger charge is 2.14. The maximum absolute atomic E-state index is 13.3. The van der Waals surface area contributed by atoms with Gasteiger partial charge >= 0.3 is 0 Å². The van der Waals surface area contributed by atoms with E-state index in [4.69, 9.17) is 16.3 Å². The molecule has 0 saturated carbocycles. The number of benzene rings is 3. The van der Waals surface area contributed by atoms with Crippen LogP contribution in [-0.4, -0.2) is 18.4 Å². The van der Waals surface area contributed by atoms with Crippen molar-refractivity contribution in [1.29, 1.82) is 0 Å². The minimum Gasteiger partial charge on any atom is -0.493 e. The average Bonchev–Trinajstić information content (AvgIpc) is 2.81. The second-order valence-electron chi connectivity index (χ2n) is 7.52. The number of hydrogen-bond donors (Lipinski definition) is 2. The molecule has 0 fully saturated rings. The second-order valence-corrected chi connectivity index (χ2v) is 7.93. The van der Waals surface area contributed by atoms with Gasteiger partial charge in [0.2, 0.25) is 0 Å². The highest BCUT2D eigenvalue weighted by molar-refractivity contribution is 6.31. The molecule has 7 heteroatoms. The summed E-state index contributed by atoms with van der Waals surface area (Å²) in [5.41, 5.74) is 1.57. The zero-order chi connectivity index (χ0) is 23.6. The molecule has 172 valence electrons. The Kier molecular flexibility index (Phi) is 8.84. The Hall–Kier alpha value is -3.38. The van der Waals surface area contributed by atoms with Crippen molar-refractivity contribution in [2.24, 2.45) is 0 Å². The first kappa shape index (κ1) is 24.3. The molecule has 0 unspecified atom stereocenters. The molecule has 3 aromatic rings. The first-order chi connectivity index (χ1) is 16.0. The van der Waals surface area contributed by atoms with Gasteiger partial charge < -0.3 is 15.4 Å². The second kappa shape index (κ2) is 12.0. The van der Waals surface area contributed by atoms with Gasteiger partial charge in [0.25, 0.3) is 11.8 Å². The Bertz CT molecular complexity index is 1120. The van der Waals surface area contributed by atoms with Crippen LogP contribution in [0.5, 0.6) is 5.75 Å². The van der Waals surface area contributed by atoms with Crippen LogP contribution >= 0.6 is 11.6 Å². The third-order valence-electron chi connectivity index (χ3n) is 4.95. The molecule has 3 rings (SSSR count). The van der Waals surface area contributed by atoms with Crippen LogP contribution in [0, 0.1) is 5.82 Å². The first-order valence-electron chi connectivity index (χ1n) is 10.9. The largest absolute Gasteiger partial charge is 0.493 e. The molecule has 0 aliphatic heterocycles. The molecule has 2 amide bonds. The van der Waals surface area contributed by atoms with Crippen LogP contribution in [0.2, 0.25) is 5.02 Å². The molecule has 0 aliphatic carbocycles. The van der Waals surface area contributed by atoms with Gasteiger partial charge in [0, 0.05) is 16.9 Å². The van der Waals surface area contributed by atoms with E-state index in [-0.39, 0.29) is 10.9 Å². The third kappa shape index (κ3) is 7.05. The summed E-state index contributed by atoms with van der Waals surface area (Å²) in [6, 6.07) is 17.5. The maximum Gasteiger partial charge on any atom is 0.259 e. The van der Waals surface area contributed by atoms with E-state index in [1.807, 2.05) is 6.07 Å². The Labute approximate surface area is 197 Å². The lowest BCUT2D eigenvalue weighted by Crippen LogP contribution is -2.15. The van der Waals surface area contributed by atoms with Gasteiger partial charge in [-0.3, -0.25) is 9.59 Å².